The molecule has 1 aliphatic rings. The van der Waals surface area contributed by atoms with Crippen LogP contribution in [0.5, 0.6) is 0 Å². The minimum Gasteiger partial charge on any atom is -0.464 e. The number of ether oxygens (including phenoxy) is 1. The van der Waals surface area contributed by atoms with Crippen molar-refractivity contribution >= 4 is 11.8 Å². The average Bonchev–Trinajstić information content (AvgIpc) is 2.86. The third kappa shape index (κ3) is 2.40. The van der Waals surface area contributed by atoms with E-state index >= 15 is 0 Å². The maximum Gasteiger partial charge on any atom is 0.343 e. The quantitative estimate of drug-likeness (QED) is 0.840. The van der Waals surface area contributed by atoms with Crippen LogP contribution in [0.1, 0.15) is 31.7 Å². The number of benzene rings is 1. The lowest BCUT2D eigenvalue weighted by atomic mass is 9.79. The Morgan fingerprint density at radius 3 is 2.63 bits per heavy atom. The lowest BCUT2D eigenvalue weighted by molar-refractivity contribution is -0.175. The van der Waals surface area contributed by atoms with Crippen LogP contribution in [0.4, 0.5) is 0 Å². The summed E-state index contributed by atoms with van der Waals surface area (Å²) in [4.78, 5) is 24.1. The zero-order valence-corrected chi connectivity index (χ0v) is 11.0. The highest BCUT2D eigenvalue weighted by molar-refractivity contribution is 5.93. The van der Waals surface area contributed by atoms with Crippen molar-refractivity contribution in [3.8, 4) is 0 Å². The van der Waals surface area contributed by atoms with Crippen LogP contribution in [-0.2, 0) is 19.9 Å². The van der Waals surface area contributed by atoms with E-state index in [9.17, 15) is 14.7 Å². The monoisotopic (exact) mass is 262 g/mol. The van der Waals surface area contributed by atoms with Gasteiger partial charge >= 0.3 is 5.97 Å². The molecule has 1 aromatic carbocycles. The van der Waals surface area contributed by atoms with Gasteiger partial charge in [0, 0.05) is 6.42 Å². The first kappa shape index (κ1) is 13.7. The maximum atomic E-state index is 12.2. The predicted octanol–water partition coefficient (Wildman–Crippen LogP) is 1.81. The van der Waals surface area contributed by atoms with Gasteiger partial charge in [-0.25, -0.2) is 4.79 Å². The van der Waals surface area contributed by atoms with Crippen LogP contribution < -0.4 is 0 Å². The SMILES string of the molecule is CCOC(=O)[C@@](O)(c1ccccc1)C1CCCC1=O. The Bertz CT molecular complexity index is 468. The van der Waals surface area contributed by atoms with Gasteiger partial charge in [0.15, 0.2) is 5.60 Å². The van der Waals surface area contributed by atoms with Crippen molar-refractivity contribution in [2.75, 3.05) is 6.61 Å². The standard InChI is InChI=1S/C15H18O4/c1-2-19-14(17)15(18,11-7-4-3-5-8-11)12-9-6-10-13(12)16/h3-5,7-8,12,18H,2,6,9-10H2,1H3/t12?,15-/m1/s1. The van der Waals surface area contributed by atoms with Gasteiger partial charge in [-0.05, 0) is 25.3 Å². The van der Waals surface area contributed by atoms with Gasteiger partial charge in [-0.15, -0.1) is 0 Å². The molecule has 0 saturated heterocycles. The van der Waals surface area contributed by atoms with Crippen molar-refractivity contribution in [2.24, 2.45) is 5.92 Å². The van der Waals surface area contributed by atoms with E-state index in [1.54, 1.807) is 37.3 Å². The highest BCUT2D eigenvalue weighted by Crippen LogP contribution is 2.39. The molecule has 1 unspecified atom stereocenters. The smallest absolute Gasteiger partial charge is 0.343 e. The summed E-state index contributed by atoms with van der Waals surface area (Å²) >= 11 is 0. The van der Waals surface area contributed by atoms with Crippen molar-refractivity contribution in [1.82, 2.24) is 0 Å². The average molecular weight is 262 g/mol. The molecule has 19 heavy (non-hydrogen) atoms. The molecule has 1 aromatic rings. The summed E-state index contributed by atoms with van der Waals surface area (Å²) in [6.07, 6.45) is 1.64. The van der Waals surface area contributed by atoms with Crippen molar-refractivity contribution in [2.45, 2.75) is 31.8 Å². The second-order valence-corrected chi connectivity index (χ2v) is 4.76. The number of Topliss-reactive ketones (excluding diaryl/α,β-unsaturated/α-hetero) is 1. The van der Waals surface area contributed by atoms with E-state index in [0.717, 1.165) is 0 Å². The van der Waals surface area contributed by atoms with Crippen LogP contribution in [0.2, 0.25) is 0 Å². The minimum atomic E-state index is -1.86. The summed E-state index contributed by atoms with van der Waals surface area (Å²) < 4.78 is 4.98. The summed E-state index contributed by atoms with van der Waals surface area (Å²) in [5.74, 6) is -1.50. The van der Waals surface area contributed by atoms with Gasteiger partial charge in [0.1, 0.15) is 5.78 Å². The van der Waals surface area contributed by atoms with E-state index in [-0.39, 0.29) is 12.4 Å². The zero-order chi connectivity index (χ0) is 13.9. The highest BCUT2D eigenvalue weighted by Gasteiger charge is 2.51. The maximum absolute atomic E-state index is 12.2. The minimum absolute atomic E-state index is 0.0700. The van der Waals surface area contributed by atoms with Gasteiger partial charge in [-0.1, -0.05) is 30.3 Å². The first-order chi connectivity index (χ1) is 9.10. The molecule has 0 aromatic heterocycles. The molecule has 2 rings (SSSR count). The predicted molar refractivity (Wildman–Crippen MR) is 69.3 cm³/mol. The molecule has 102 valence electrons. The van der Waals surface area contributed by atoms with Gasteiger partial charge in [-0.2, -0.15) is 0 Å². The molecule has 4 heteroatoms. The molecule has 1 saturated carbocycles. The third-order valence-electron chi connectivity index (χ3n) is 3.61. The van der Waals surface area contributed by atoms with Gasteiger partial charge in [0.05, 0.1) is 12.5 Å². The molecule has 0 heterocycles. The van der Waals surface area contributed by atoms with E-state index in [1.807, 2.05) is 0 Å². The Morgan fingerprint density at radius 2 is 2.11 bits per heavy atom. The summed E-state index contributed by atoms with van der Waals surface area (Å²) in [6.45, 7) is 1.86. The molecule has 0 spiro atoms. The van der Waals surface area contributed by atoms with Gasteiger partial charge < -0.3 is 9.84 Å². The molecule has 0 aliphatic heterocycles. The molecule has 1 fully saturated rings. The number of hydrogen-bond donors (Lipinski definition) is 1. The van der Waals surface area contributed by atoms with Gasteiger partial charge in [-0.3, -0.25) is 4.79 Å². The lowest BCUT2D eigenvalue weighted by Gasteiger charge is -2.31. The fourth-order valence-corrected chi connectivity index (χ4v) is 2.65. The van der Waals surface area contributed by atoms with Crippen LogP contribution in [0, 0.1) is 5.92 Å². The highest BCUT2D eigenvalue weighted by atomic mass is 16.5. The van der Waals surface area contributed by atoms with E-state index in [0.29, 0.717) is 24.8 Å². The summed E-state index contributed by atoms with van der Waals surface area (Å²) in [7, 11) is 0. The van der Waals surface area contributed by atoms with E-state index < -0.39 is 17.5 Å². The van der Waals surface area contributed by atoms with Crippen molar-refractivity contribution < 1.29 is 19.4 Å². The Labute approximate surface area is 112 Å². The fourth-order valence-electron chi connectivity index (χ4n) is 2.65. The molecular weight excluding hydrogens is 244 g/mol. The first-order valence-electron chi connectivity index (χ1n) is 6.58. The Balaban J connectivity index is 2.43. The molecule has 1 N–H and O–H groups in total. The van der Waals surface area contributed by atoms with E-state index in [2.05, 4.69) is 0 Å². The van der Waals surface area contributed by atoms with Crippen molar-refractivity contribution in [1.29, 1.82) is 0 Å². The summed E-state index contributed by atoms with van der Waals surface area (Å²) in [5.41, 5.74) is -1.43. The zero-order valence-electron chi connectivity index (χ0n) is 11.0. The Kier molecular flexibility index (Phi) is 4.00. The van der Waals surface area contributed by atoms with Crippen LogP contribution >= 0.6 is 0 Å². The van der Waals surface area contributed by atoms with Crippen LogP contribution in [-0.4, -0.2) is 23.5 Å². The fraction of sp³-hybridized carbons (Fsp3) is 0.467. The molecular formula is C15H18O4. The normalized spacial score (nSPS) is 22.0. The topological polar surface area (TPSA) is 63.6 Å². The Hall–Kier alpha value is -1.68. The van der Waals surface area contributed by atoms with Gasteiger partial charge in [0.25, 0.3) is 0 Å². The second-order valence-electron chi connectivity index (χ2n) is 4.76. The third-order valence-corrected chi connectivity index (χ3v) is 3.61. The van der Waals surface area contributed by atoms with Crippen LogP contribution in [0.15, 0.2) is 30.3 Å². The number of hydrogen-bond acceptors (Lipinski definition) is 4. The molecule has 0 bridgehead atoms. The molecule has 0 amide bonds. The molecule has 4 nitrogen and oxygen atoms in total. The molecule has 2 atom stereocenters. The summed E-state index contributed by atoms with van der Waals surface area (Å²) in [6, 6.07) is 8.58. The Morgan fingerprint density at radius 1 is 1.42 bits per heavy atom. The number of esters is 1. The first-order valence-corrected chi connectivity index (χ1v) is 6.58. The van der Waals surface area contributed by atoms with Crippen LogP contribution in [0.25, 0.3) is 0 Å². The number of carbonyl (C=O) groups excluding carboxylic acids is 2. The summed E-state index contributed by atoms with van der Waals surface area (Å²) in [5, 5.41) is 10.9. The number of rotatable bonds is 4. The van der Waals surface area contributed by atoms with Crippen LogP contribution in [0.3, 0.4) is 0 Å². The number of ketones is 1. The lowest BCUT2D eigenvalue weighted by Crippen LogP contribution is -2.46. The van der Waals surface area contributed by atoms with E-state index in [1.165, 1.54) is 0 Å². The van der Waals surface area contributed by atoms with Crippen molar-refractivity contribution in [3.05, 3.63) is 35.9 Å². The molecule has 1 aliphatic carbocycles. The number of aliphatic hydroxyl groups is 1. The van der Waals surface area contributed by atoms with Gasteiger partial charge in [0.2, 0.25) is 0 Å². The second kappa shape index (κ2) is 5.53. The largest absolute Gasteiger partial charge is 0.464 e. The molecule has 0 radical (unpaired) electrons. The number of carbonyl (C=O) groups is 2. The van der Waals surface area contributed by atoms with E-state index in [4.69, 9.17) is 4.74 Å². The van der Waals surface area contributed by atoms with Crippen molar-refractivity contribution in [3.63, 3.8) is 0 Å².